The summed E-state index contributed by atoms with van der Waals surface area (Å²) in [5, 5.41) is 0. The lowest BCUT2D eigenvalue weighted by atomic mass is 10.1. The number of hydrogen-bond acceptors (Lipinski definition) is 2. The Morgan fingerprint density at radius 3 is 2.92 bits per heavy atom. The van der Waals surface area contributed by atoms with Crippen molar-refractivity contribution in [2.24, 2.45) is 0 Å². The highest BCUT2D eigenvalue weighted by Gasteiger charge is 1.94. The molecule has 0 aromatic carbocycles. The predicted octanol–water partition coefficient (Wildman–Crippen LogP) is 1.85. The maximum Gasteiger partial charge on any atom is 0.151 e. The standard InChI is InChI=1S/C11H11NO/c1-2-3-4-5-11-7-6-10(9-13)8-12-11/h1,6-9H,3-5H2. The van der Waals surface area contributed by atoms with Crippen molar-refractivity contribution in [1.29, 1.82) is 0 Å². The Labute approximate surface area is 78.0 Å². The van der Waals surface area contributed by atoms with E-state index in [0.717, 1.165) is 31.2 Å². The second-order valence-corrected chi connectivity index (χ2v) is 2.76. The van der Waals surface area contributed by atoms with E-state index in [1.165, 1.54) is 0 Å². The summed E-state index contributed by atoms with van der Waals surface area (Å²) in [5.41, 5.74) is 1.60. The van der Waals surface area contributed by atoms with Crippen LogP contribution in [0.15, 0.2) is 18.3 Å². The highest BCUT2D eigenvalue weighted by molar-refractivity contribution is 5.73. The average Bonchev–Trinajstić information content (AvgIpc) is 2.19. The number of hydrogen-bond donors (Lipinski definition) is 0. The fourth-order valence-corrected chi connectivity index (χ4v) is 1.03. The van der Waals surface area contributed by atoms with E-state index < -0.39 is 0 Å². The fourth-order valence-electron chi connectivity index (χ4n) is 1.03. The number of nitrogens with zero attached hydrogens (tertiary/aromatic N) is 1. The molecule has 13 heavy (non-hydrogen) atoms. The zero-order valence-electron chi connectivity index (χ0n) is 7.36. The van der Waals surface area contributed by atoms with Crippen LogP contribution in [0.5, 0.6) is 0 Å². The van der Waals surface area contributed by atoms with E-state index in [2.05, 4.69) is 10.9 Å². The molecule has 0 saturated carbocycles. The Morgan fingerprint density at radius 1 is 1.54 bits per heavy atom. The molecule has 0 saturated heterocycles. The first-order chi connectivity index (χ1) is 6.36. The van der Waals surface area contributed by atoms with Crippen LogP contribution < -0.4 is 0 Å². The third-order valence-electron chi connectivity index (χ3n) is 1.74. The number of carbonyl (C=O) groups is 1. The summed E-state index contributed by atoms with van der Waals surface area (Å²) in [6.07, 6.45) is 10.1. The Kier molecular flexibility index (Phi) is 3.72. The number of aromatic nitrogens is 1. The monoisotopic (exact) mass is 173 g/mol. The van der Waals surface area contributed by atoms with Crippen molar-refractivity contribution in [3.63, 3.8) is 0 Å². The molecule has 0 atom stereocenters. The van der Waals surface area contributed by atoms with Crippen LogP contribution in [0, 0.1) is 12.3 Å². The average molecular weight is 173 g/mol. The molecule has 0 bridgehead atoms. The maximum atomic E-state index is 10.3. The van der Waals surface area contributed by atoms with Crippen LogP contribution in [0.2, 0.25) is 0 Å². The molecule has 0 fully saturated rings. The number of terminal acetylenes is 1. The molecular formula is C11H11NO. The molecule has 0 aliphatic rings. The summed E-state index contributed by atoms with van der Waals surface area (Å²) in [6, 6.07) is 3.63. The third kappa shape index (κ3) is 3.08. The van der Waals surface area contributed by atoms with Gasteiger partial charge in [0.05, 0.1) is 0 Å². The normalized spacial score (nSPS) is 9.15. The molecule has 0 N–H and O–H groups in total. The van der Waals surface area contributed by atoms with Gasteiger partial charge in [-0.3, -0.25) is 9.78 Å². The van der Waals surface area contributed by atoms with E-state index in [9.17, 15) is 4.79 Å². The lowest BCUT2D eigenvalue weighted by Gasteiger charge is -1.97. The van der Waals surface area contributed by atoms with Gasteiger partial charge in [-0.05, 0) is 25.0 Å². The van der Waals surface area contributed by atoms with Crippen LogP contribution in [0.25, 0.3) is 0 Å². The number of carbonyl (C=O) groups excluding carboxylic acids is 1. The molecule has 66 valence electrons. The van der Waals surface area contributed by atoms with Crippen LogP contribution in [0.3, 0.4) is 0 Å². The lowest BCUT2D eigenvalue weighted by molar-refractivity contribution is 0.112. The van der Waals surface area contributed by atoms with Crippen molar-refractivity contribution in [1.82, 2.24) is 4.98 Å². The Hall–Kier alpha value is -1.62. The van der Waals surface area contributed by atoms with Crippen molar-refractivity contribution in [2.45, 2.75) is 19.3 Å². The second-order valence-electron chi connectivity index (χ2n) is 2.76. The first-order valence-corrected chi connectivity index (χ1v) is 4.20. The van der Waals surface area contributed by atoms with Crippen molar-refractivity contribution < 1.29 is 4.79 Å². The van der Waals surface area contributed by atoms with E-state index in [1.54, 1.807) is 12.3 Å². The SMILES string of the molecule is C#CCCCc1ccc(C=O)cn1. The van der Waals surface area contributed by atoms with Gasteiger partial charge in [0.15, 0.2) is 6.29 Å². The highest BCUT2D eigenvalue weighted by Crippen LogP contribution is 2.02. The van der Waals surface area contributed by atoms with Gasteiger partial charge in [0.2, 0.25) is 0 Å². The smallest absolute Gasteiger partial charge is 0.151 e. The predicted molar refractivity (Wildman–Crippen MR) is 51.4 cm³/mol. The zero-order chi connectivity index (χ0) is 9.52. The molecule has 0 unspecified atom stereocenters. The van der Waals surface area contributed by atoms with E-state index in [0.29, 0.717) is 5.56 Å². The van der Waals surface area contributed by atoms with E-state index in [-0.39, 0.29) is 0 Å². The Morgan fingerprint density at radius 2 is 2.38 bits per heavy atom. The van der Waals surface area contributed by atoms with Crippen LogP contribution >= 0.6 is 0 Å². The van der Waals surface area contributed by atoms with Crippen molar-refractivity contribution in [2.75, 3.05) is 0 Å². The molecule has 1 heterocycles. The maximum absolute atomic E-state index is 10.3. The van der Waals surface area contributed by atoms with Gasteiger partial charge >= 0.3 is 0 Å². The second kappa shape index (κ2) is 5.10. The number of aldehydes is 1. The number of aryl methyl sites for hydroxylation is 1. The molecule has 0 aliphatic carbocycles. The fraction of sp³-hybridized carbons (Fsp3) is 0.273. The van der Waals surface area contributed by atoms with E-state index >= 15 is 0 Å². The van der Waals surface area contributed by atoms with Gasteiger partial charge in [0, 0.05) is 23.9 Å². The summed E-state index contributed by atoms with van der Waals surface area (Å²) >= 11 is 0. The number of unbranched alkanes of at least 4 members (excludes halogenated alkanes) is 1. The first-order valence-electron chi connectivity index (χ1n) is 4.20. The molecule has 2 heteroatoms. The molecule has 1 aromatic rings. The third-order valence-corrected chi connectivity index (χ3v) is 1.74. The van der Waals surface area contributed by atoms with Crippen molar-refractivity contribution >= 4 is 6.29 Å². The van der Waals surface area contributed by atoms with Gasteiger partial charge in [-0.1, -0.05) is 0 Å². The minimum atomic E-state index is 0.612. The van der Waals surface area contributed by atoms with E-state index in [1.807, 2.05) is 6.07 Å². The molecule has 0 amide bonds. The van der Waals surface area contributed by atoms with Crippen LogP contribution in [-0.2, 0) is 6.42 Å². The van der Waals surface area contributed by atoms with Gasteiger partial charge in [-0.15, -0.1) is 12.3 Å². The number of rotatable bonds is 4. The highest BCUT2D eigenvalue weighted by atomic mass is 16.1. The van der Waals surface area contributed by atoms with Crippen LogP contribution in [0.1, 0.15) is 28.9 Å². The van der Waals surface area contributed by atoms with E-state index in [4.69, 9.17) is 6.42 Å². The summed E-state index contributed by atoms with van der Waals surface area (Å²) in [6.45, 7) is 0. The summed E-state index contributed by atoms with van der Waals surface area (Å²) in [4.78, 5) is 14.4. The first kappa shape index (κ1) is 9.47. The van der Waals surface area contributed by atoms with Crippen LogP contribution in [0.4, 0.5) is 0 Å². The Bertz CT molecular complexity index is 308. The molecule has 0 aliphatic heterocycles. The Balaban J connectivity index is 2.50. The summed E-state index contributed by atoms with van der Waals surface area (Å²) < 4.78 is 0. The van der Waals surface area contributed by atoms with Crippen molar-refractivity contribution in [3.05, 3.63) is 29.6 Å². The molecule has 0 radical (unpaired) electrons. The minimum absolute atomic E-state index is 0.612. The largest absolute Gasteiger partial charge is 0.298 e. The zero-order valence-corrected chi connectivity index (χ0v) is 7.36. The van der Waals surface area contributed by atoms with Crippen molar-refractivity contribution in [3.8, 4) is 12.3 Å². The molecule has 2 nitrogen and oxygen atoms in total. The van der Waals surface area contributed by atoms with Gasteiger partial charge in [-0.2, -0.15) is 0 Å². The molecule has 0 spiro atoms. The summed E-state index contributed by atoms with van der Waals surface area (Å²) in [7, 11) is 0. The molecule has 1 aromatic heterocycles. The van der Waals surface area contributed by atoms with Gasteiger partial charge < -0.3 is 0 Å². The van der Waals surface area contributed by atoms with Gasteiger partial charge in [-0.25, -0.2) is 0 Å². The minimum Gasteiger partial charge on any atom is -0.298 e. The quantitative estimate of drug-likeness (QED) is 0.395. The number of pyridine rings is 1. The molecular weight excluding hydrogens is 162 g/mol. The van der Waals surface area contributed by atoms with Gasteiger partial charge in [0.1, 0.15) is 0 Å². The lowest BCUT2D eigenvalue weighted by Crippen LogP contribution is -1.91. The molecule has 1 rings (SSSR count). The van der Waals surface area contributed by atoms with Gasteiger partial charge in [0.25, 0.3) is 0 Å². The topological polar surface area (TPSA) is 30.0 Å². The summed E-state index contributed by atoms with van der Waals surface area (Å²) in [5.74, 6) is 2.58. The van der Waals surface area contributed by atoms with Crippen LogP contribution in [-0.4, -0.2) is 11.3 Å².